The van der Waals surface area contributed by atoms with Crippen molar-refractivity contribution in [3.63, 3.8) is 0 Å². The Bertz CT molecular complexity index is 898. The fourth-order valence-electron chi connectivity index (χ4n) is 5.60. The first-order chi connectivity index (χ1) is 13.3. The van der Waals surface area contributed by atoms with E-state index in [1.54, 1.807) is 0 Å². The Labute approximate surface area is 165 Å². The number of imidazole rings is 1. The minimum Gasteiger partial charge on any atom is -0.382 e. The van der Waals surface area contributed by atoms with Crippen LogP contribution in [0.2, 0.25) is 0 Å². The molecule has 1 saturated heterocycles. The first kappa shape index (κ1) is 18.3. The molecule has 1 aliphatic heterocycles. The van der Waals surface area contributed by atoms with Gasteiger partial charge in [-0.25, -0.2) is 15.0 Å². The highest BCUT2D eigenvalue weighted by Gasteiger charge is 2.71. The molecule has 0 aromatic carbocycles. The zero-order chi connectivity index (χ0) is 19.7. The quantitative estimate of drug-likeness (QED) is 0.842. The molecule has 5 atom stereocenters. The third-order valence-corrected chi connectivity index (χ3v) is 6.83. The third kappa shape index (κ3) is 2.65. The highest BCUT2D eigenvalue weighted by atomic mass is 16.8. The number of fused-ring (bicyclic) bond motifs is 3. The van der Waals surface area contributed by atoms with Gasteiger partial charge < -0.3 is 24.7 Å². The van der Waals surface area contributed by atoms with Gasteiger partial charge in [0.2, 0.25) is 0 Å². The number of anilines is 1. The van der Waals surface area contributed by atoms with Crippen LogP contribution in [0.4, 0.5) is 5.82 Å². The predicted octanol–water partition coefficient (Wildman–Crippen LogP) is 2.22. The number of aromatic nitrogens is 4. The summed E-state index contributed by atoms with van der Waals surface area (Å²) in [5.74, 6) is 0.504. The Morgan fingerprint density at radius 3 is 2.86 bits per heavy atom. The zero-order valence-corrected chi connectivity index (χ0v) is 17.1. The van der Waals surface area contributed by atoms with E-state index >= 15 is 0 Å². The van der Waals surface area contributed by atoms with E-state index in [9.17, 15) is 0 Å². The normalized spacial score (nSPS) is 35.9. The van der Waals surface area contributed by atoms with Gasteiger partial charge in [-0.15, -0.1) is 0 Å². The number of hydrogen-bond donors (Lipinski definition) is 1. The van der Waals surface area contributed by atoms with Crippen molar-refractivity contribution in [3.05, 3.63) is 12.7 Å². The van der Waals surface area contributed by atoms with Crippen molar-refractivity contribution < 1.29 is 9.47 Å². The average Bonchev–Trinajstić information content (AvgIpc) is 2.92. The van der Waals surface area contributed by atoms with Crippen molar-refractivity contribution in [1.29, 1.82) is 0 Å². The largest absolute Gasteiger partial charge is 0.382 e. The molecule has 28 heavy (non-hydrogen) atoms. The summed E-state index contributed by atoms with van der Waals surface area (Å²) in [5, 5.41) is 0. The van der Waals surface area contributed by atoms with E-state index in [-0.39, 0.29) is 23.7 Å². The van der Waals surface area contributed by atoms with E-state index in [0.29, 0.717) is 17.3 Å². The molecular formula is C20H30N6O2. The summed E-state index contributed by atoms with van der Waals surface area (Å²) in [7, 11) is 2.22. The molecule has 1 unspecified atom stereocenters. The second-order valence-corrected chi connectivity index (χ2v) is 9.27. The lowest BCUT2D eigenvalue weighted by atomic mass is 9.98. The van der Waals surface area contributed by atoms with E-state index in [4.69, 9.17) is 15.2 Å². The number of hydrogen-bond acceptors (Lipinski definition) is 7. The fraction of sp³-hybridized carbons (Fsp3) is 0.750. The summed E-state index contributed by atoms with van der Waals surface area (Å²) in [5.41, 5.74) is 7.62. The molecule has 2 aromatic heterocycles. The first-order valence-electron chi connectivity index (χ1n) is 10.3. The molecular weight excluding hydrogens is 356 g/mol. The molecule has 1 spiro atoms. The maximum Gasteiger partial charge on any atom is 0.165 e. The fourth-order valence-corrected chi connectivity index (χ4v) is 5.60. The van der Waals surface area contributed by atoms with Crippen LogP contribution in [0, 0.1) is 11.3 Å². The van der Waals surface area contributed by atoms with Crippen LogP contribution in [0.3, 0.4) is 0 Å². The van der Waals surface area contributed by atoms with E-state index in [1.165, 1.54) is 19.2 Å². The highest BCUT2D eigenvalue weighted by Crippen LogP contribution is 2.69. The Kier molecular flexibility index (Phi) is 3.99. The van der Waals surface area contributed by atoms with E-state index in [0.717, 1.165) is 25.2 Å². The van der Waals surface area contributed by atoms with E-state index in [1.807, 2.05) is 20.2 Å². The molecule has 8 heteroatoms. The lowest BCUT2D eigenvalue weighted by Gasteiger charge is -2.25. The van der Waals surface area contributed by atoms with Crippen molar-refractivity contribution in [2.24, 2.45) is 11.3 Å². The monoisotopic (exact) mass is 386 g/mol. The minimum absolute atomic E-state index is 0.00470. The minimum atomic E-state index is -0.562. The van der Waals surface area contributed by atoms with Crippen molar-refractivity contribution in [3.8, 4) is 0 Å². The molecule has 2 aliphatic carbocycles. The summed E-state index contributed by atoms with van der Waals surface area (Å²) < 4.78 is 15.0. The summed E-state index contributed by atoms with van der Waals surface area (Å²) in [6.45, 7) is 8.52. The van der Waals surface area contributed by atoms with Crippen molar-refractivity contribution >= 4 is 17.0 Å². The zero-order valence-electron chi connectivity index (χ0n) is 17.1. The van der Waals surface area contributed by atoms with Gasteiger partial charge in [0.1, 0.15) is 17.9 Å². The van der Waals surface area contributed by atoms with Gasteiger partial charge in [-0.3, -0.25) is 0 Å². The van der Waals surface area contributed by atoms with Gasteiger partial charge in [0.25, 0.3) is 0 Å². The summed E-state index contributed by atoms with van der Waals surface area (Å²) >= 11 is 0. The summed E-state index contributed by atoms with van der Waals surface area (Å²) in [6.07, 6.45) is 6.87. The molecule has 3 fully saturated rings. The van der Waals surface area contributed by atoms with Crippen LogP contribution in [0.25, 0.3) is 11.2 Å². The van der Waals surface area contributed by atoms with Crippen molar-refractivity contribution in [2.75, 3.05) is 25.9 Å². The van der Waals surface area contributed by atoms with Crippen LogP contribution in [0.5, 0.6) is 0 Å². The Morgan fingerprint density at radius 2 is 2.07 bits per heavy atom. The topological polar surface area (TPSA) is 91.3 Å². The summed E-state index contributed by atoms with van der Waals surface area (Å²) in [6, 6.07) is 0.146. The molecule has 0 amide bonds. The SMILES string of the molecule is CCCN(C)C[C@H]1C[C@]12C[C@@H](n1cnc3c(N)ncnc31)C1OC(C)(C)O[C@H]12. The highest BCUT2D eigenvalue weighted by molar-refractivity contribution is 5.81. The predicted molar refractivity (Wildman–Crippen MR) is 106 cm³/mol. The molecule has 5 rings (SSSR count). The van der Waals surface area contributed by atoms with Crippen LogP contribution in [-0.4, -0.2) is 62.6 Å². The average molecular weight is 387 g/mol. The lowest BCUT2D eigenvalue weighted by Crippen LogP contribution is -2.30. The standard InChI is InChI=1S/C20H30N6O2/c1-5-6-25(4)9-12-7-20(12)8-13(15-16(20)28-19(2,3)27-15)26-11-24-14-17(21)22-10-23-18(14)26/h10-13,15-16H,5-9H2,1-4H3,(H2,21,22,23)/t12-,13-,15?,16-,20+/m1/s1. The first-order valence-corrected chi connectivity index (χ1v) is 10.3. The van der Waals surface area contributed by atoms with Gasteiger partial charge in [0.05, 0.1) is 18.5 Å². The van der Waals surface area contributed by atoms with Crippen molar-refractivity contribution in [1.82, 2.24) is 24.4 Å². The molecule has 2 N–H and O–H groups in total. The molecule has 2 saturated carbocycles. The van der Waals surface area contributed by atoms with Gasteiger partial charge in [-0.05, 0) is 52.6 Å². The molecule has 8 nitrogen and oxygen atoms in total. The van der Waals surface area contributed by atoms with Gasteiger partial charge in [-0.2, -0.15) is 0 Å². The number of nitrogens with two attached hydrogens (primary N) is 1. The maximum atomic E-state index is 6.45. The molecule has 2 aromatic rings. The van der Waals surface area contributed by atoms with Crippen molar-refractivity contribution in [2.45, 2.75) is 64.1 Å². The molecule has 3 heterocycles. The van der Waals surface area contributed by atoms with Crippen LogP contribution in [0.1, 0.15) is 46.1 Å². The van der Waals surface area contributed by atoms with Crippen LogP contribution in [-0.2, 0) is 9.47 Å². The van der Waals surface area contributed by atoms with Crippen LogP contribution in [0.15, 0.2) is 12.7 Å². The second-order valence-electron chi connectivity index (χ2n) is 9.27. The third-order valence-electron chi connectivity index (χ3n) is 6.83. The van der Waals surface area contributed by atoms with Gasteiger partial charge in [0, 0.05) is 12.0 Å². The maximum absolute atomic E-state index is 6.45. The Hall–Kier alpha value is -1.77. The summed E-state index contributed by atoms with van der Waals surface area (Å²) in [4.78, 5) is 15.5. The number of nitrogen functional groups attached to an aromatic ring is 1. The number of rotatable bonds is 5. The van der Waals surface area contributed by atoms with Crippen LogP contribution >= 0.6 is 0 Å². The molecule has 152 valence electrons. The Balaban J connectivity index is 1.48. The lowest BCUT2D eigenvalue weighted by molar-refractivity contribution is -0.163. The number of ether oxygens (including phenoxy) is 2. The van der Waals surface area contributed by atoms with Gasteiger partial charge in [-0.1, -0.05) is 6.92 Å². The molecule has 0 radical (unpaired) electrons. The second kappa shape index (κ2) is 6.11. The number of nitrogens with zero attached hydrogens (tertiary/aromatic N) is 5. The van der Waals surface area contributed by atoms with E-state index < -0.39 is 5.79 Å². The van der Waals surface area contributed by atoms with Gasteiger partial charge >= 0.3 is 0 Å². The molecule has 0 bridgehead atoms. The van der Waals surface area contributed by atoms with Gasteiger partial charge in [0.15, 0.2) is 17.3 Å². The smallest absolute Gasteiger partial charge is 0.165 e. The van der Waals surface area contributed by atoms with Crippen LogP contribution < -0.4 is 5.73 Å². The Morgan fingerprint density at radius 1 is 1.25 bits per heavy atom. The molecule has 3 aliphatic rings. The van der Waals surface area contributed by atoms with E-state index in [2.05, 4.69) is 38.4 Å².